The standard InChI is InChI=1S/C14H23NO3/c16-13(17)10-6-3-7-11-15-14(18)12-8-4-1-2-5-9-12/h6,10,12H,1-5,7-9,11H2,(H,15,18)(H,16,17)/b10-6+. The van der Waals surface area contributed by atoms with Gasteiger partial charge in [0, 0.05) is 18.5 Å². The predicted molar refractivity (Wildman–Crippen MR) is 70.2 cm³/mol. The lowest BCUT2D eigenvalue weighted by molar-refractivity contribution is -0.131. The van der Waals surface area contributed by atoms with E-state index in [1.165, 1.54) is 25.7 Å². The zero-order valence-corrected chi connectivity index (χ0v) is 10.9. The molecule has 1 fully saturated rings. The topological polar surface area (TPSA) is 66.4 Å². The smallest absolute Gasteiger partial charge is 0.327 e. The highest BCUT2D eigenvalue weighted by Gasteiger charge is 2.19. The van der Waals surface area contributed by atoms with Crippen LogP contribution < -0.4 is 5.32 Å². The molecule has 0 aromatic heterocycles. The van der Waals surface area contributed by atoms with E-state index in [4.69, 9.17) is 5.11 Å². The molecule has 1 aliphatic rings. The van der Waals surface area contributed by atoms with Crippen molar-refractivity contribution < 1.29 is 14.7 Å². The van der Waals surface area contributed by atoms with Crippen LogP contribution in [0.2, 0.25) is 0 Å². The van der Waals surface area contributed by atoms with Crippen molar-refractivity contribution in [2.45, 2.75) is 51.4 Å². The summed E-state index contributed by atoms with van der Waals surface area (Å²) in [6.07, 6.45) is 11.1. The van der Waals surface area contributed by atoms with Gasteiger partial charge in [-0.2, -0.15) is 0 Å². The van der Waals surface area contributed by atoms with Crippen LogP contribution in [0.15, 0.2) is 12.2 Å². The van der Waals surface area contributed by atoms with E-state index in [0.717, 1.165) is 25.3 Å². The SMILES string of the molecule is O=C(O)/C=C/CCCNC(=O)C1CCCCCC1. The number of unbranched alkanes of at least 4 members (excludes halogenated alkanes) is 1. The van der Waals surface area contributed by atoms with Crippen molar-refractivity contribution in [3.05, 3.63) is 12.2 Å². The van der Waals surface area contributed by atoms with E-state index in [-0.39, 0.29) is 11.8 Å². The van der Waals surface area contributed by atoms with Crippen LogP contribution in [0.3, 0.4) is 0 Å². The molecule has 1 rings (SSSR count). The molecule has 0 bridgehead atoms. The molecule has 0 aliphatic heterocycles. The Morgan fingerprint density at radius 1 is 1.17 bits per heavy atom. The van der Waals surface area contributed by atoms with Crippen molar-refractivity contribution >= 4 is 11.9 Å². The Hall–Kier alpha value is -1.32. The fourth-order valence-electron chi connectivity index (χ4n) is 2.30. The lowest BCUT2D eigenvalue weighted by Crippen LogP contribution is -2.31. The summed E-state index contributed by atoms with van der Waals surface area (Å²) in [7, 11) is 0. The van der Waals surface area contributed by atoms with E-state index in [1.54, 1.807) is 6.08 Å². The number of carbonyl (C=O) groups is 2. The maximum atomic E-state index is 11.9. The molecule has 4 heteroatoms. The first-order valence-corrected chi connectivity index (χ1v) is 6.87. The molecule has 0 spiro atoms. The second-order valence-corrected chi connectivity index (χ2v) is 4.86. The third-order valence-corrected chi connectivity index (χ3v) is 3.33. The Morgan fingerprint density at radius 2 is 1.83 bits per heavy atom. The number of allylic oxidation sites excluding steroid dienone is 1. The summed E-state index contributed by atoms with van der Waals surface area (Å²) in [5.74, 6) is -0.543. The predicted octanol–water partition coefficient (Wildman–Crippen LogP) is 2.49. The van der Waals surface area contributed by atoms with Crippen molar-refractivity contribution in [1.82, 2.24) is 5.32 Å². The second-order valence-electron chi connectivity index (χ2n) is 4.86. The number of carboxylic acids is 1. The van der Waals surface area contributed by atoms with Crippen molar-refractivity contribution in [3.63, 3.8) is 0 Å². The lowest BCUT2D eigenvalue weighted by atomic mass is 9.99. The summed E-state index contributed by atoms with van der Waals surface area (Å²) in [6.45, 7) is 0.638. The fourth-order valence-corrected chi connectivity index (χ4v) is 2.30. The number of carboxylic acid groups (broad SMARTS) is 1. The van der Waals surface area contributed by atoms with Gasteiger partial charge < -0.3 is 10.4 Å². The Morgan fingerprint density at radius 3 is 2.44 bits per heavy atom. The van der Waals surface area contributed by atoms with Gasteiger partial charge in [-0.15, -0.1) is 0 Å². The largest absolute Gasteiger partial charge is 0.478 e. The van der Waals surface area contributed by atoms with E-state index in [1.807, 2.05) is 0 Å². The first kappa shape index (κ1) is 14.7. The molecule has 4 nitrogen and oxygen atoms in total. The molecule has 1 aliphatic carbocycles. The molecular formula is C14H23NO3. The zero-order valence-electron chi connectivity index (χ0n) is 10.9. The van der Waals surface area contributed by atoms with E-state index in [2.05, 4.69) is 5.32 Å². The van der Waals surface area contributed by atoms with Crippen molar-refractivity contribution in [3.8, 4) is 0 Å². The van der Waals surface area contributed by atoms with Gasteiger partial charge in [0.1, 0.15) is 0 Å². The third kappa shape index (κ3) is 6.42. The minimum absolute atomic E-state index is 0.180. The van der Waals surface area contributed by atoms with E-state index in [0.29, 0.717) is 13.0 Å². The maximum Gasteiger partial charge on any atom is 0.327 e. The number of hydrogen-bond donors (Lipinski definition) is 2. The normalized spacial score (nSPS) is 17.6. The van der Waals surface area contributed by atoms with Crippen molar-refractivity contribution in [1.29, 1.82) is 0 Å². The molecule has 2 N–H and O–H groups in total. The number of aliphatic carboxylic acids is 1. The average Bonchev–Trinajstić information content (AvgIpc) is 2.61. The minimum Gasteiger partial charge on any atom is -0.478 e. The third-order valence-electron chi connectivity index (χ3n) is 3.33. The maximum absolute atomic E-state index is 11.9. The van der Waals surface area contributed by atoms with Crippen LogP contribution in [0.1, 0.15) is 51.4 Å². The summed E-state index contributed by atoms with van der Waals surface area (Å²) in [5.41, 5.74) is 0. The summed E-state index contributed by atoms with van der Waals surface area (Å²) < 4.78 is 0. The van der Waals surface area contributed by atoms with Gasteiger partial charge in [-0.1, -0.05) is 31.8 Å². The van der Waals surface area contributed by atoms with E-state index >= 15 is 0 Å². The molecule has 18 heavy (non-hydrogen) atoms. The number of rotatable bonds is 6. The molecular weight excluding hydrogens is 230 g/mol. The lowest BCUT2D eigenvalue weighted by Gasteiger charge is -2.13. The molecule has 1 saturated carbocycles. The molecule has 0 atom stereocenters. The molecule has 1 amide bonds. The fraction of sp³-hybridized carbons (Fsp3) is 0.714. The van der Waals surface area contributed by atoms with Gasteiger partial charge in [0.15, 0.2) is 0 Å². The van der Waals surface area contributed by atoms with Crippen molar-refractivity contribution in [2.75, 3.05) is 6.54 Å². The molecule has 0 unspecified atom stereocenters. The Balaban J connectivity index is 2.10. The van der Waals surface area contributed by atoms with Crippen LogP contribution in [0.25, 0.3) is 0 Å². The van der Waals surface area contributed by atoms with Gasteiger partial charge in [0.05, 0.1) is 0 Å². The van der Waals surface area contributed by atoms with Gasteiger partial charge in [0.2, 0.25) is 5.91 Å². The molecule has 0 aromatic carbocycles. The first-order valence-electron chi connectivity index (χ1n) is 6.87. The van der Waals surface area contributed by atoms with Gasteiger partial charge in [-0.05, 0) is 25.7 Å². The number of hydrogen-bond acceptors (Lipinski definition) is 2. The molecule has 0 saturated heterocycles. The molecule has 0 aromatic rings. The highest BCUT2D eigenvalue weighted by molar-refractivity contribution is 5.79. The van der Waals surface area contributed by atoms with Crippen LogP contribution >= 0.6 is 0 Å². The quantitative estimate of drug-likeness (QED) is 0.434. The van der Waals surface area contributed by atoms with Crippen LogP contribution in [-0.2, 0) is 9.59 Å². The van der Waals surface area contributed by atoms with Crippen LogP contribution in [-0.4, -0.2) is 23.5 Å². The summed E-state index contributed by atoms with van der Waals surface area (Å²) in [5, 5.41) is 11.3. The van der Waals surface area contributed by atoms with Crippen LogP contribution in [0.5, 0.6) is 0 Å². The second kappa shape index (κ2) is 8.72. The average molecular weight is 253 g/mol. The highest BCUT2D eigenvalue weighted by Crippen LogP contribution is 2.22. The van der Waals surface area contributed by atoms with Crippen LogP contribution in [0, 0.1) is 5.92 Å². The van der Waals surface area contributed by atoms with Gasteiger partial charge in [-0.25, -0.2) is 4.79 Å². The monoisotopic (exact) mass is 253 g/mol. The van der Waals surface area contributed by atoms with E-state index in [9.17, 15) is 9.59 Å². The highest BCUT2D eigenvalue weighted by atomic mass is 16.4. The number of carbonyl (C=O) groups excluding carboxylic acids is 1. The minimum atomic E-state index is -0.919. The van der Waals surface area contributed by atoms with Gasteiger partial charge in [-0.3, -0.25) is 4.79 Å². The Bertz CT molecular complexity index is 291. The summed E-state index contributed by atoms with van der Waals surface area (Å²) >= 11 is 0. The summed E-state index contributed by atoms with van der Waals surface area (Å²) in [6, 6.07) is 0. The molecule has 102 valence electrons. The number of amides is 1. The van der Waals surface area contributed by atoms with Crippen molar-refractivity contribution in [2.24, 2.45) is 5.92 Å². The molecule has 0 heterocycles. The van der Waals surface area contributed by atoms with E-state index < -0.39 is 5.97 Å². The Kier molecular flexibility index (Phi) is 7.14. The molecule has 0 radical (unpaired) electrons. The van der Waals surface area contributed by atoms with Gasteiger partial charge >= 0.3 is 5.97 Å². The number of nitrogens with one attached hydrogen (secondary N) is 1. The first-order chi connectivity index (χ1) is 8.70. The zero-order chi connectivity index (χ0) is 13.2. The Labute approximate surface area is 108 Å². The van der Waals surface area contributed by atoms with Gasteiger partial charge in [0.25, 0.3) is 0 Å². The summed E-state index contributed by atoms with van der Waals surface area (Å²) in [4.78, 5) is 22.1. The van der Waals surface area contributed by atoms with Crippen LogP contribution in [0.4, 0.5) is 0 Å².